The van der Waals surface area contributed by atoms with E-state index in [0.29, 0.717) is 38.1 Å². The Bertz CT molecular complexity index is 892. The SMILES string of the molecule is CC[C@@]1(C(=O)N2CCOC(C)(C)C2)C[C@@H]2CC[C@H]1N2C(=O)c1ccn(C)c(=O)c1. The fraction of sp³-hybridized carbons (Fsp3) is 0.682. The van der Waals surface area contributed by atoms with Gasteiger partial charge in [-0.2, -0.15) is 0 Å². The molecule has 0 aliphatic carbocycles. The minimum absolute atomic E-state index is 0.0644. The molecule has 158 valence electrons. The van der Waals surface area contributed by atoms with Gasteiger partial charge in [-0.05, 0) is 45.6 Å². The third-order valence-electron chi connectivity index (χ3n) is 7.10. The number of pyridine rings is 1. The maximum atomic E-state index is 13.7. The van der Waals surface area contributed by atoms with Crippen molar-refractivity contribution < 1.29 is 14.3 Å². The number of ether oxygens (including phenoxy) is 1. The summed E-state index contributed by atoms with van der Waals surface area (Å²) in [5.41, 5.74) is -0.668. The van der Waals surface area contributed by atoms with Gasteiger partial charge in [0, 0.05) is 50.0 Å². The number of aromatic nitrogens is 1. The lowest BCUT2D eigenvalue weighted by molar-refractivity contribution is -0.158. The van der Waals surface area contributed by atoms with Crippen LogP contribution in [0.4, 0.5) is 0 Å². The van der Waals surface area contributed by atoms with E-state index in [-0.39, 0.29) is 35.1 Å². The Hall–Kier alpha value is -2.15. The summed E-state index contributed by atoms with van der Waals surface area (Å²) in [6.45, 7) is 7.81. The highest BCUT2D eigenvalue weighted by molar-refractivity contribution is 5.96. The molecular formula is C22H31N3O4. The highest BCUT2D eigenvalue weighted by Crippen LogP contribution is 2.53. The molecule has 0 spiro atoms. The molecular weight excluding hydrogens is 370 g/mol. The van der Waals surface area contributed by atoms with Gasteiger partial charge in [0.2, 0.25) is 5.91 Å². The molecule has 4 rings (SSSR count). The molecule has 3 aliphatic rings. The van der Waals surface area contributed by atoms with E-state index in [4.69, 9.17) is 4.74 Å². The number of amides is 2. The number of rotatable bonds is 3. The summed E-state index contributed by atoms with van der Waals surface area (Å²) >= 11 is 0. The second-order valence-corrected chi connectivity index (χ2v) is 9.37. The van der Waals surface area contributed by atoms with Crippen LogP contribution in [-0.2, 0) is 16.6 Å². The minimum atomic E-state index is -0.536. The molecule has 3 saturated heterocycles. The van der Waals surface area contributed by atoms with E-state index in [1.807, 2.05) is 23.6 Å². The minimum Gasteiger partial charge on any atom is -0.372 e. The maximum Gasteiger partial charge on any atom is 0.254 e. The largest absolute Gasteiger partial charge is 0.372 e. The van der Waals surface area contributed by atoms with E-state index in [2.05, 4.69) is 6.92 Å². The Balaban J connectivity index is 1.62. The van der Waals surface area contributed by atoms with Crippen molar-refractivity contribution >= 4 is 11.8 Å². The van der Waals surface area contributed by atoms with Crippen molar-refractivity contribution in [3.63, 3.8) is 0 Å². The molecule has 0 aromatic carbocycles. The fourth-order valence-corrected chi connectivity index (χ4v) is 5.59. The summed E-state index contributed by atoms with van der Waals surface area (Å²) in [5.74, 6) is 0.0333. The summed E-state index contributed by atoms with van der Waals surface area (Å²) in [4.78, 5) is 42.9. The number of hydrogen-bond donors (Lipinski definition) is 0. The molecule has 0 radical (unpaired) electrons. The summed E-state index contributed by atoms with van der Waals surface area (Å²) in [5, 5.41) is 0. The smallest absolute Gasteiger partial charge is 0.254 e. The lowest BCUT2D eigenvalue weighted by atomic mass is 9.70. The number of nitrogens with zero attached hydrogens (tertiary/aromatic N) is 3. The van der Waals surface area contributed by atoms with E-state index in [1.54, 1.807) is 19.3 Å². The van der Waals surface area contributed by atoms with Gasteiger partial charge in [0.15, 0.2) is 0 Å². The van der Waals surface area contributed by atoms with Crippen LogP contribution in [0.25, 0.3) is 0 Å². The summed E-state index contributed by atoms with van der Waals surface area (Å²) < 4.78 is 7.24. The lowest BCUT2D eigenvalue weighted by Crippen LogP contribution is -2.57. The Kier molecular flexibility index (Phi) is 4.84. The highest BCUT2D eigenvalue weighted by Gasteiger charge is 2.61. The summed E-state index contributed by atoms with van der Waals surface area (Å²) in [6, 6.07) is 3.06. The topological polar surface area (TPSA) is 71.8 Å². The fourth-order valence-electron chi connectivity index (χ4n) is 5.59. The van der Waals surface area contributed by atoms with E-state index < -0.39 is 5.41 Å². The van der Waals surface area contributed by atoms with Crippen LogP contribution in [0.2, 0.25) is 0 Å². The summed E-state index contributed by atoms with van der Waals surface area (Å²) in [7, 11) is 1.67. The van der Waals surface area contributed by atoms with Crippen LogP contribution >= 0.6 is 0 Å². The van der Waals surface area contributed by atoms with Gasteiger partial charge in [0.1, 0.15) is 0 Å². The Morgan fingerprint density at radius 2 is 2.03 bits per heavy atom. The lowest BCUT2D eigenvalue weighted by Gasteiger charge is -2.44. The average molecular weight is 402 g/mol. The molecule has 1 aromatic rings. The van der Waals surface area contributed by atoms with Crippen LogP contribution in [-0.4, -0.2) is 63.6 Å². The zero-order valence-corrected chi connectivity index (χ0v) is 17.8. The molecule has 0 N–H and O–H groups in total. The first-order valence-electron chi connectivity index (χ1n) is 10.6. The monoisotopic (exact) mass is 401 g/mol. The Morgan fingerprint density at radius 3 is 2.69 bits per heavy atom. The van der Waals surface area contributed by atoms with Gasteiger partial charge < -0.3 is 19.1 Å². The number of carbonyl (C=O) groups is 2. The van der Waals surface area contributed by atoms with Crippen molar-refractivity contribution in [1.29, 1.82) is 0 Å². The Labute approximate surface area is 171 Å². The standard InChI is InChI=1S/C22H31N3O4/c1-5-22(20(28)24-10-11-29-21(2,3)14-24)13-16-6-7-17(22)25(16)19(27)15-8-9-23(4)18(26)12-15/h8-9,12,16-17H,5-7,10-11,13-14H2,1-4H3/t16-,17+,22+/m0/s1. The second-order valence-electron chi connectivity index (χ2n) is 9.37. The van der Waals surface area contributed by atoms with Gasteiger partial charge >= 0.3 is 0 Å². The number of hydrogen-bond acceptors (Lipinski definition) is 4. The molecule has 2 bridgehead atoms. The van der Waals surface area contributed by atoms with E-state index in [1.165, 1.54) is 10.6 Å². The molecule has 0 unspecified atom stereocenters. The van der Waals surface area contributed by atoms with Crippen molar-refractivity contribution in [2.24, 2.45) is 12.5 Å². The Morgan fingerprint density at radius 1 is 1.28 bits per heavy atom. The molecule has 29 heavy (non-hydrogen) atoms. The average Bonchev–Trinajstić information content (AvgIpc) is 3.24. The molecule has 0 saturated carbocycles. The van der Waals surface area contributed by atoms with Crippen molar-refractivity contribution in [1.82, 2.24) is 14.4 Å². The predicted octanol–water partition coefficient (Wildman–Crippen LogP) is 1.80. The second kappa shape index (κ2) is 6.97. The molecule has 3 fully saturated rings. The number of fused-ring (bicyclic) bond motifs is 2. The molecule has 4 heterocycles. The van der Waals surface area contributed by atoms with E-state index in [9.17, 15) is 14.4 Å². The van der Waals surface area contributed by atoms with Crippen LogP contribution in [0.1, 0.15) is 56.8 Å². The van der Waals surface area contributed by atoms with Crippen LogP contribution < -0.4 is 5.56 Å². The first-order valence-corrected chi connectivity index (χ1v) is 10.6. The van der Waals surface area contributed by atoms with E-state index >= 15 is 0 Å². The highest BCUT2D eigenvalue weighted by atomic mass is 16.5. The van der Waals surface area contributed by atoms with Gasteiger partial charge in [0.25, 0.3) is 11.5 Å². The molecule has 3 atom stereocenters. The van der Waals surface area contributed by atoms with Crippen molar-refractivity contribution in [3.05, 3.63) is 34.2 Å². The van der Waals surface area contributed by atoms with Crippen LogP contribution in [0.5, 0.6) is 0 Å². The zero-order valence-electron chi connectivity index (χ0n) is 17.8. The van der Waals surface area contributed by atoms with Crippen molar-refractivity contribution in [2.45, 2.75) is 64.1 Å². The third kappa shape index (κ3) is 3.19. The molecule has 7 heteroatoms. The number of morpholine rings is 1. The van der Waals surface area contributed by atoms with Crippen molar-refractivity contribution in [2.75, 3.05) is 19.7 Å². The number of aryl methyl sites for hydroxylation is 1. The van der Waals surface area contributed by atoms with Gasteiger partial charge in [-0.1, -0.05) is 6.92 Å². The van der Waals surface area contributed by atoms with Gasteiger partial charge in [-0.15, -0.1) is 0 Å². The van der Waals surface area contributed by atoms with Crippen LogP contribution in [0.3, 0.4) is 0 Å². The third-order valence-corrected chi connectivity index (χ3v) is 7.10. The first kappa shape index (κ1) is 20.1. The molecule has 1 aromatic heterocycles. The van der Waals surface area contributed by atoms with Crippen LogP contribution in [0, 0.1) is 5.41 Å². The quantitative estimate of drug-likeness (QED) is 0.774. The molecule has 3 aliphatic heterocycles. The molecule has 2 amide bonds. The van der Waals surface area contributed by atoms with Gasteiger partial charge in [0.05, 0.1) is 17.6 Å². The van der Waals surface area contributed by atoms with Gasteiger partial charge in [-0.3, -0.25) is 14.4 Å². The first-order chi connectivity index (χ1) is 13.7. The van der Waals surface area contributed by atoms with Crippen LogP contribution in [0.15, 0.2) is 23.1 Å². The zero-order chi connectivity index (χ0) is 21.0. The molecule has 7 nitrogen and oxygen atoms in total. The summed E-state index contributed by atoms with van der Waals surface area (Å²) in [6.07, 6.45) is 4.81. The van der Waals surface area contributed by atoms with E-state index in [0.717, 1.165) is 12.8 Å². The maximum absolute atomic E-state index is 13.7. The number of carbonyl (C=O) groups excluding carboxylic acids is 2. The van der Waals surface area contributed by atoms with Crippen molar-refractivity contribution in [3.8, 4) is 0 Å². The van der Waals surface area contributed by atoms with Gasteiger partial charge in [-0.25, -0.2) is 0 Å². The predicted molar refractivity (Wildman–Crippen MR) is 109 cm³/mol. The normalized spacial score (nSPS) is 30.6.